The Kier molecular flexibility index (Phi) is 8.88. The molecule has 0 saturated carbocycles. The summed E-state index contributed by atoms with van der Waals surface area (Å²) in [7, 11) is 0.530. The summed E-state index contributed by atoms with van der Waals surface area (Å²) < 4.78 is 15.4. The van der Waals surface area contributed by atoms with Crippen molar-refractivity contribution in [3.63, 3.8) is 0 Å². The van der Waals surface area contributed by atoms with E-state index in [2.05, 4.69) is 227 Å². The number of fused-ring (bicyclic) bond motifs is 14. The second kappa shape index (κ2) is 14.9. The molecule has 0 fully saturated rings. The molecule has 5 heteroatoms. The van der Waals surface area contributed by atoms with Crippen molar-refractivity contribution in [2.75, 3.05) is 0 Å². The van der Waals surface area contributed by atoms with E-state index < -0.39 is 5.41 Å². The molecule has 68 heavy (non-hydrogen) atoms. The highest BCUT2D eigenvalue weighted by atomic mass is 16.5. The average Bonchev–Trinajstić information content (AvgIpc) is 4.10. The molecule has 0 amide bonds. The minimum atomic E-state index is -0.529. The summed E-state index contributed by atoms with van der Waals surface area (Å²) in [5.41, 5.74) is 21.0. The van der Waals surface area contributed by atoms with Crippen LogP contribution in [0.3, 0.4) is 0 Å². The lowest BCUT2D eigenvalue weighted by molar-refractivity contribution is 0.00504. The summed E-state index contributed by atoms with van der Waals surface area (Å²) in [6.45, 7) is 11.2. The number of nitrogens with zero attached hydrogens (tertiary/aromatic N) is 2. The number of furan rings is 1. The molecule has 0 saturated heterocycles. The zero-order valence-electron chi connectivity index (χ0n) is 39.0. The van der Waals surface area contributed by atoms with Gasteiger partial charge in [0.2, 0.25) is 0 Å². The van der Waals surface area contributed by atoms with E-state index in [9.17, 15) is 0 Å². The molecule has 0 bridgehead atoms. The number of hydrogen-bond donors (Lipinski definition) is 0. The Balaban J connectivity index is 1.04. The number of aromatic nitrogens is 2. The second-order valence-electron chi connectivity index (χ2n) is 20.2. The molecule has 2 aliphatic carbocycles. The van der Waals surface area contributed by atoms with Crippen molar-refractivity contribution in [3.8, 4) is 61.6 Å². The molecule has 0 aliphatic heterocycles. The molecule has 0 radical (unpaired) electrons. The van der Waals surface area contributed by atoms with Crippen LogP contribution in [-0.4, -0.2) is 22.6 Å². The van der Waals surface area contributed by atoms with Gasteiger partial charge in [-0.1, -0.05) is 160 Å². The smallest absolute Gasteiger partial charge is 0.309 e. The van der Waals surface area contributed by atoms with Crippen LogP contribution in [0.2, 0.25) is 0 Å². The van der Waals surface area contributed by atoms with E-state index in [1.165, 1.54) is 50.0 Å². The molecule has 2 aromatic heterocycles. The van der Waals surface area contributed by atoms with Gasteiger partial charge in [0.15, 0.2) is 0 Å². The quantitative estimate of drug-likeness (QED) is 0.150. The average molecular weight is 877 g/mol. The van der Waals surface area contributed by atoms with Gasteiger partial charge in [-0.3, -0.25) is 4.57 Å². The van der Waals surface area contributed by atoms with Crippen molar-refractivity contribution >= 4 is 45.9 Å². The van der Waals surface area contributed by atoms with Crippen LogP contribution in [0.5, 0.6) is 0 Å². The minimum Gasteiger partial charge on any atom is -0.456 e. The molecule has 4 nitrogen and oxygen atoms in total. The van der Waals surface area contributed by atoms with E-state index >= 15 is 0 Å². The Bertz CT molecular complexity index is 3790. The Labute approximate surface area is 397 Å². The monoisotopic (exact) mass is 876 g/mol. The molecule has 0 N–H and O–H groups in total. The molecule has 2 heterocycles. The first-order chi connectivity index (χ1) is 33.1. The lowest BCUT2D eigenvalue weighted by Crippen LogP contribution is -2.42. The summed E-state index contributed by atoms with van der Waals surface area (Å²) in [6.07, 6.45) is 0. The maximum absolute atomic E-state index is 6.76. The summed E-state index contributed by atoms with van der Waals surface area (Å²) in [5.74, 6) is 0.892. The first-order valence-corrected chi connectivity index (χ1v) is 23.8. The molecule has 326 valence electrons. The van der Waals surface area contributed by atoms with Gasteiger partial charge in [-0.25, -0.2) is 4.98 Å². The molecule has 2 aliphatic rings. The fourth-order valence-corrected chi connectivity index (χ4v) is 11.0. The van der Waals surface area contributed by atoms with Gasteiger partial charge >= 0.3 is 7.48 Å². The van der Waals surface area contributed by atoms with Crippen molar-refractivity contribution in [2.45, 2.75) is 45.6 Å². The van der Waals surface area contributed by atoms with Crippen LogP contribution in [0.4, 0.5) is 0 Å². The lowest BCUT2D eigenvalue weighted by atomic mass is 9.69. The SMILES string of the molecule is CC(C)(C)C(C)(C)OBc1ccc2c(c1)C1(c3ccccc3-c3ccccc31)c1cc(-c3cc(-c4ccc5oc6ccccc6c5c4)cc(-c4nc5ccccc5n4-c4ccccc4)c3)ccc1-2. The van der Waals surface area contributed by atoms with Crippen LogP contribution in [0.1, 0.15) is 56.9 Å². The van der Waals surface area contributed by atoms with Crippen molar-refractivity contribution in [3.05, 3.63) is 222 Å². The molecule has 0 atom stereocenters. The van der Waals surface area contributed by atoms with Crippen LogP contribution < -0.4 is 5.46 Å². The highest BCUT2D eigenvalue weighted by Gasteiger charge is 2.52. The van der Waals surface area contributed by atoms with E-state index in [0.717, 1.165) is 72.3 Å². The first-order valence-electron chi connectivity index (χ1n) is 23.8. The summed E-state index contributed by atoms with van der Waals surface area (Å²) >= 11 is 0. The third-order valence-corrected chi connectivity index (χ3v) is 15.4. The third-order valence-electron chi connectivity index (χ3n) is 15.4. The van der Waals surface area contributed by atoms with Gasteiger partial charge in [-0.2, -0.15) is 0 Å². The number of para-hydroxylation sites is 4. The molecule has 0 unspecified atom stereocenters. The maximum atomic E-state index is 6.76. The summed E-state index contributed by atoms with van der Waals surface area (Å²) in [4.78, 5) is 5.39. The highest BCUT2D eigenvalue weighted by molar-refractivity contribution is 6.47. The van der Waals surface area contributed by atoms with Crippen molar-refractivity contribution in [1.29, 1.82) is 0 Å². The zero-order valence-corrected chi connectivity index (χ0v) is 39.0. The Morgan fingerprint density at radius 1 is 0.471 bits per heavy atom. The summed E-state index contributed by atoms with van der Waals surface area (Å²) in [6, 6.07) is 73.3. The normalized spacial score (nSPS) is 13.5. The standard InChI is InChI=1S/C63H49BN2O2/c1-61(2,3)62(4,5)68-64-44-29-31-49-48-30-27-40(37-54(48)63(55(49)38-44)52-22-12-9-19-46(52)47-20-10-13-23-53(47)63)42-33-41(39-28-32-59-51(36-39)50-21-11-16-26-58(50)67-59)34-43(35-42)60-65-56-24-14-15-25-57(56)66(60)45-17-7-6-8-18-45/h6-38,64H,1-5H3. The van der Waals surface area contributed by atoms with Gasteiger partial charge in [0.1, 0.15) is 17.0 Å². The number of rotatable bonds is 7. The van der Waals surface area contributed by atoms with Crippen LogP contribution in [0, 0.1) is 5.41 Å². The Morgan fingerprint density at radius 2 is 1.04 bits per heavy atom. The van der Waals surface area contributed by atoms with Crippen molar-refractivity contribution < 1.29 is 9.07 Å². The van der Waals surface area contributed by atoms with Crippen LogP contribution in [0.25, 0.3) is 94.6 Å². The van der Waals surface area contributed by atoms with Crippen LogP contribution in [0.15, 0.2) is 205 Å². The van der Waals surface area contributed by atoms with E-state index in [0.29, 0.717) is 7.48 Å². The van der Waals surface area contributed by atoms with E-state index in [-0.39, 0.29) is 11.0 Å². The largest absolute Gasteiger partial charge is 0.456 e. The third kappa shape index (κ3) is 6.01. The van der Waals surface area contributed by atoms with Gasteiger partial charge in [0.25, 0.3) is 0 Å². The molecule has 1 spiro atoms. The van der Waals surface area contributed by atoms with Gasteiger partial charge in [0, 0.05) is 22.0 Å². The Hall–Kier alpha value is -7.73. The van der Waals surface area contributed by atoms with Gasteiger partial charge in [-0.15, -0.1) is 0 Å². The number of imidazole rings is 1. The molecule has 11 aromatic rings. The van der Waals surface area contributed by atoms with Crippen molar-refractivity contribution in [2.24, 2.45) is 5.41 Å². The van der Waals surface area contributed by atoms with Gasteiger partial charge in [0.05, 0.1) is 22.0 Å². The fraction of sp³-hybridized carbons (Fsp3) is 0.127. The van der Waals surface area contributed by atoms with Gasteiger partial charge < -0.3 is 9.07 Å². The first kappa shape index (κ1) is 40.5. The van der Waals surface area contributed by atoms with Crippen molar-refractivity contribution in [1.82, 2.24) is 9.55 Å². The van der Waals surface area contributed by atoms with Crippen LogP contribution in [-0.2, 0) is 10.1 Å². The van der Waals surface area contributed by atoms with E-state index in [1.54, 1.807) is 0 Å². The minimum absolute atomic E-state index is 0.0212. The number of hydrogen-bond acceptors (Lipinski definition) is 3. The molecular formula is C63H49BN2O2. The molecule has 13 rings (SSSR count). The topological polar surface area (TPSA) is 40.2 Å². The van der Waals surface area contributed by atoms with Crippen LogP contribution >= 0.6 is 0 Å². The second-order valence-corrected chi connectivity index (χ2v) is 20.2. The predicted molar refractivity (Wildman–Crippen MR) is 282 cm³/mol. The molecule has 9 aromatic carbocycles. The number of benzene rings is 9. The zero-order chi connectivity index (χ0) is 45.9. The predicted octanol–water partition coefficient (Wildman–Crippen LogP) is 15.1. The van der Waals surface area contributed by atoms with Gasteiger partial charge in [-0.05, 0) is 153 Å². The molecular weight excluding hydrogens is 828 g/mol. The highest BCUT2D eigenvalue weighted by Crippen LogP contribution is 2.63. The fourth-order valence-electron chi connectivity index (χ4n) is 11.0. The lowest BCUT2D eigenvalue weighted by Gasteiger charge is -2.39. The van der Waals surface area contributed by atoms with E-state index in [1.807, 2.05) is 12.1 Å². The summed E-state index contributed by atoms with van der Waals surface area (Å²) in [5, 5.41) is 2.21. The Morgan fingerprint density at radius 3 is 1.79 bits per heavy atom. The van der Waals surface area contributed by atoms with E-state index in [4.69, 9.17) is 14.1 Å². The maximum Gasteiger partial charge on any atom is 0.309 e.